The number of carbonyl (C=O) groups is 1. The molecular formula is C4H3N3O3S. The molecule has 1 aromatic heterocycles. The lowest BCUT2D eigenvalue weighted by Gasteiger charge is -1.92. The van der Waals surface area contributed by atoms with Crippen LogP contribution in [0.2, 0.25) is 0 Å². The van der Waals surface area contributed by atoms with Gasteiger partial charge >= 0.3 is 5.97 Å². The molecule has 11 heavy (non-hydrogen) atoms. The predicted molar refractivity (Wildman–Crippen MR) is 36.9 cm³/mol. The molecule has 0 saturated heterocycles. The zero-order valence-electron chi connectivity index (χ0n) is 5.11. The Bertz CT molecular complexity index is 347. The van der Waals surface area contributed by atoms with Crippen molar-refractivity contribution in [1.29, 1.82) is 0 Å². The number of carboxylic acids is 1. The molecule has 1 aromatic rings. The molecule has 0 aliphatic carbocycles. The fourth-order valence-corrected chi connectivity index (χ4v) is 0.760. The first kappa shape index (κ1) is 7.73. The van der Waals surface area contributed by atoms with E-state index in [4.69, 9.17) is 5.11 Å². The first-order valence-electron chi connectivity index (χ1n) is 2.50. The van der Waals surface area contributed by atoms with E-state index in [0.29, 0.717) is 0 Å². The lowest BCUT2D eigenvalue weighted by molar-refractivity contribution is 0.0689. The summed E-state index contributed by atoms with van der Waals surface area (Å²) in [5, 5.41) is 16.4. The van der Waals surface area contributed by atoms with Gasteiger partial charge in [-0.25, -0.2) is 9.89 Å². The second-order valence-corrected chi connectivity index (χ2v) is 2.07. The van der Waals surface area contributed by atoms with Crippen LogP contribution in [0.15, 0.2) is 9.82 Å². The minimum atomic E-state index is -1.37. The quantitative estimate of drug-likeness (QED) is 0.481. The average Bonchev–Trinajstić information content (AvgIpc) is 1.85. The van der Waals surface area contributed by atoms with Crippen molar-refractivity contribution in [3.8, 4) is 0 Å². The smallest absolute Gasteiger partial charge is 0.344 e. The van der Waals surface area contributed by atoms with Crippen LogP contribution in [0.4, 0.5) is 0 Å². The highest BCUT2D eigenvalue weighted by Gasteiger charge is 2.13. The van der Waals surface area contributed by atoms with Gasteiger partial charge in [0, 0.05) is 0 Å². The highest BCUT2D eigenvalue weighted by atomic mass is 32.1. The van der Waals surface area contributed by atoms with E-state index < -0.39 is 17.1 Å². The van der Waals surface area contributed by atoms with Crippen molar-refractivity contribution < 1.29 is 9.90 Å². The van der Waals surface area contributed by atoms with E-state index in [9.17, 15) is 9.59 Å². The number of nitrogens with zero attached hydrogens (tertiary/aromatic N) is 2. The number of rotatable bonds is 1. The van der Waals surface area contributed by atoms with Crippen molar-refractivity contribution in [2.45, 2.75) is 5.03 Å². The van der Waals surface area contributed by atoms with Gasteiger partial charge < -0.3 is 5.11 Å². The van der Waals surface area contributed by atoms with Gasteiger partial charge in [-0.2, -0.15) is 0 Å². The van der Waals surface area contributed by atoms with Gasteiger partial charge in [-0.15, -0.1) is 17.7 Å². The topological polar surface area (TPSA) is 95.9 Å². The van der Waals surface area contributed by atoms with Crippen LogP contribution < -0.4 is 5.56 Å². The standard InChI is InChI=1S/C4H3N3O3S/c8-2-1(4(9)10)3(11)6-7-5-2/h(H,9,10)(H2,5,6,8,11). The van der Waals surface area contributed by atoms with Crippen LogP contribution in [-0.2, 0) is 0 Å². The zero-order valence-corrected chi connectivity index (χ0v) is 6.00. The second-order valence-electron chi connectivity index (χ2n) is 1.64. The van der Waals surface area contributed by atoms with Crippen LogP contribution in [0.25, 0.3) is 0 Å². The Hall–Kier alpha value is -1.37. The summed E-state index contributed by atoms with van der Waals surface area (Å²) in [6.07, 6.45) is 0. The minimum absolute atomic E-state index is 0.193. The Morgan fingerprint density at radius 1 is 1.64 bits per heavy atom. The van der Waals surface area contributed by atoms with Gasteiger partial charge in [0.15, 0.2) is 5.56 Å². The van der Waals surface area contributed by atoms with E-state index in [1.165, 1.54) is 0 Å². The molecule has 0 radical (unpaired) electrons. The molecule has 0 bridgehead atoms. The van der Waals surface area contributed by atoms with E-state index in [0.717, 1.165) is 0 Å². The summed E-state index contributed by atoms with van der Waals surface area (Å²) in [7, 11) is 0. The summed E-state index contributed by atoms with van der Waals surface area (Å²) in [4.78, 5) is 21.0. The van der Waals surface area contributed by atoms with Gasteiger partial charge in [-0.05, 0) is 0 Å². The van der Waals surface area contributed by atoms with Gasteiger partial charge in [0.25, 0.3) is 5.56 Å². The molecule has 6 nitrogen and oxygen atoms in total. The number of thiol groups is 1. The fourth-order valence-electron chi connectivity index (χ4n) is 0.518. The highest BCUT2D eigenvalue weighted by molar-refractivity contribution is 7.80. The largest absolute Gasteiger partial charge is 0.477 e. The average molecular weight is 173 g/mol. The molecule has 1 rings (SSSR count). The Morgan fingerprint density at radius 3 is 2.64 bits per heavy atom. The maximum atomic E-state index is 10.7. The van der Waals surface area contributed by atoms with E-state index >= 15 is 0 Å². The number of aromatic carboxylic acids is 1. The van der Waals surface area contributed by atoms with Crippen molar-refractivity contribution in [3.05, 3.63) is 15.9 Å². The molecular weight excluding hydrogens is 170 g/mol. The summed E-state index contributed by atoms with van der Waals surface area (Å²) < 4.78 is 0. The molecule has 2 N–H and O–H groups in total. The third kappa shape index (κ3) is 1.37. The molecule has 0 aromatic carbocycles. The molecule has 0 aliphatic heterocycles. The first-order chi connectivity index (χ1) is 5.13. The van der Waals surface area contributed by atoms with Gasteiger partial charge in [0.05, 0.1) is 0 Å². The highest BCUT2D eigenvalue weighted by Crippen LogP contribution is 2.01. The fraction of sp³-hybridized carbons (Fsp3) is 0. The summed E-state index contributed by atoms with van der Waals surface area (Å²) in [6, 6.07) is 0. The summed E-state index contributed by atoms with van der Waals surface area (Å²) in [5.74, 6) is -1.37. The number of aromatic amines is 1. The summed E-state index contributed by atoms with van der Waals surface area (Å²) in [5.41, 5.74) is -1.30. The van der Waals surface area contributed by atoms with Crippen LogP contribution >= 0.6 is 12.6 Å². The van der Waals surface area contributed by atoms with Crippen molar-refractivity contribution in [2.75, 3.05) is 0 Å². The Balaban J connectivity index is 3.45. The van der Waals surface area contributed by atoms with Crippen LogP contribution in [0, 0.1) is 0 Å². The van der Waals surface area contributed by atoms with Crippen LogP contribution in [0.5, 0.6) is 0 Å². The predicted octanol–water partition coefficient (Wildman–Crippen LogP) is -0.848. The summed E-state index contributed by atoms with van der Waals surface area (Å²) in [6.45, 7) is 0. The van der Waals surface area contributed by atoms with Crippen LogP contribution in [0.1, 0.15) is 10.4 Å². The lowest BCUT2D eigenvalue weighted by Crippen LogP contribution is -2.20. The normalized spacial score (nSPS) is 9.55. The Labute approximate surface area is 65.7 Å². The van der Waals surface area contributed by atoms with E-state index in [-0.39, 0.29) is 5.03 Å². The molecule has 0 fully saturated rings. The Kier molecular flexibility index (Phi) is 1.90. The van der Waals surface area contributed by atoms with E-state index in [2.05, 4.69) is 22.9 Å². The number of nitrogens with one attached hydrogen (secondary N) is 1. The Morgan fingerprint density at radius 2 is 2.27 bits per heavy atom. The van der Waals surface area contributed by atoms with Gasteiger partial charge in [0.1, 0.15) is 5.03 Å². The lowest BCUT2D eigenvalue weighted by atomic mass is 10.3. The number of hydrogen-bond acceptors (Lipinski definition) is 5. The van der Waals surface area contributed by atoms with Gasteiger partial charge in [-0.3, -0.25) is 4.79 Å². The first-order valence-corrected chi connectivity index (χ1v) is 2.95. The molecule has 1 heterocycles. The monoisotopic (exact) mass is 173 g/mol. The molecule has 0 amide bonds. The number of H-pyrrole nitrogens is 1. The molecule has 0 saturated carbocycles. The molecule has 0 aliphatic rings. The molecule has 0 atom stereocenters. The van der Waals surface area contributed by atoms with Gasteiger partial charge in [-0.1, -0.05) is 5.21 Å². The van der Waals surface area contributed by atoms with Gasteiger partial charge in [0.2, 0.25) is 0 Å². The molecule has 58 valence electrons. The van der Waals surface area contributed by atoms with Crippen molar-refractivity contribution >= 4 is 18.6 Å². The van der Waals surface area contributed by atoms with Crippen molar-refractivity contribution in [3.63, 3.8) is 0 Å². The number of hydrogen-bond donors (Lipinski definition) is 3. The van der Waals surface area contributed by atoms with Crippen LogP contribution in [0.3, 0.4) is 0 Å². The molecule has 0 unspecified atom stereocenters. The molecule has 0 spiro atoms. The zero-order chi connectivity index (χ0) is 8.43. The maximum Gasteiger partial charge on any atom is 0.344 e. The minimum Gasteiger partial charge on any atom is -0.477 e. The number of aromatic nitrogens is 3. The maximum absolute atomic E-state index is 10.7. The number of carboxylic acid groups (broad SMARTS) is 1. The van der Waals surface area contributed by atoms with E-state index in [1.807, 2.05) is 5.10 Å². The summed E-state index contributed by atoms with van der Waals surface area (Å²) >= 11 is 3.63. The van der Waals surface area contributed by atoms with E-state index in [1.54, 1.807) is 0 Å². The van der Waals surface area contributed by atoms with Crippen molar-refractivity contribution in [2.24, 2.45) is 0 Å². The second kappa shape index (κ2) is 2.70. The molecule has 7 heteroatoms. The van der Waals surface area contributed by atoms with Crippen molar-refractivity contribution in [1.82, 2.24) is 15.4 Å². The van der Waals surface area contributed by atoms with Crippen LogP contribution in [-0.4, -0.2) is 26.5 Å². The third-order valence-corrected chi connectivity index (χ3v) is 1.27. The SMILES string of the molecule is O=C(O)c1c(S)nn[nH]c1=O. The third-order valence-electron chi connectivity index (χ3n) is 0.961.